The second-order valence-electron chi connectivity index (χ2n) is 6.53. The molecule has 2 amide bonds. The Morgan fingerprint density at radius 3 is 2.80 bits per heavy atom. The summed E-state index contributed by atoms with van der Waals surface area (Å²) in [6.45, 7) is 9.63. The lowest BCUT2D eigenvalue weighted by atomic mass is 10.1. The van der Waals surface area contributed by atoms with E-state index in [1.807, 2.05) is 13.8 Å². The lowest BCUT2D eigenvalue weighted by Crippen LogP contribution is -2.48. The third kappa shape index (κ3) is 3.48. The molecule has 1 aromatic rings. The van der Waals surface area contributed by atoms with E-state index in [1.165, 1.54) is 0 Å². The van der Waals surface area contributed by atoms with E-state index in [2.05, 4.69) is 6.58 Å². The van der Waals surface area contributed by atoms with Gasteiger partial charge >= 0.3 is 0 Å². The predicted molar refractivity (Wildman–Crippen MR) is 93.7 cm³/mol. The standard InChI is InChI=1S/C19H24N2O4/c1-4-20(11-13(2)3)19(23)15-6-5-9-21(15)18(22)14-7-8-16-17(10-14)25-12-24-16/h7-8,10,15H,2,4-6,9,11-12H2,1,3H3/t15-/m1/s1. The van der Waals surface area contributed by atoms with Crippen LogP contribution in [-0.4, -0.2) is 54.1 Å². The molecule has 0 N–H and O–H groups in total. The van der Waals surface area contributed by atoms with Crippen LogP contribution in [0.15, 0.2) is 30.4 Å². The highest BCUT2D eigenvalue weighted by Gasteiger charge is 2.36. The zero-order chi connectivity index (χ0) is 18.0. The SMILES string of the molecule is C=C(C)CN(CC)C(=O)[C@H]1CCCN1C(=O)c1ccc2c(c1)OCO2. The molecule has 1 saturated heterocycles. The van der Waals surface area contributed by atoms with Gasteiger partial charge in [0.1, 0.15) is 6.04 Å². The number of fused-ring (bicyclic) bond motifs is 1. The monoisotopic (exact) mass is 344 g/mol. The molecular formula is C19H24N2O4. The Morgan fingerprint density at radius 1 is 1.32 bits per heavy atom. The summed E-state index contributed by atoms with van der Waals surface area (Å²) >= 11 is 0. The van der Waals surface area contributed by atoms with E-state index in [4.69, 9.17) is 9.47 Å². The molecule has 1 atom stereocenters. The number of nitrogens with zero attached hydrogens (tertiary/aromatic N) is 2. The summed E-state index contributed by atoms with van der Waals surface area (Å²) in [5.41, 5.74) is 1.45. The summed E-state index contributed by atoms with van der Waals surface area (Å²) < 4.78 is 10.6. The van der Waals surface area contributed by atoms with Crippen molar-refractivity contribution >= 4 is 11.8 Å². The van der Waals surface area contributed by atoms with Crippen LogP contribution >= 0.6 is 0 Å². The van der Waals surface area contributed by atoms with Gasteiger partial charge in [0.2, 0.25) is 12.7 Å². The number of benzene rings is 1. The molecule has 0 aliphatic carbocycles. The molecule has 3 rings (SSSR count). The Kier molecular flexibility index (Phi) is 4.97. The van der Waals surface area contributed by atoms with Crippen LogP contribution < -0.4 is 9.47 Å². The van der Waals surface area contributed by atoms with Crippen molar-refractivity contribution in [1.29, 1.82) is 0 Å². The maximum Gasteiger partial charge on any atom is 0.254 e. The number of amides is 2. The summed E-state index contributed by atoms with van der Waals surface area (Å²) in [5.74, 6) is 1.08. The van der Waals surface area contributed by atoms with Gasteiger partial charge in [-0.05, 0) is 44.9 Å². The minimum Gasteiger partial charge on any atom is -0.454 e. The Morgan fingerprint density at radius 2 is 2.08 bits per heavy atom. The van der Waals surface area contributed by atoms with Gasteiger partial charge in [0.25, 0.3) is 5.91 Å². The van der Waals surface area contributed by atoms with Crippen LogP contribution in [0.2, 0.25) is 0 Å². The minimum atomic E-state index is -0.405. The molecule has 0 saturated carbocycles. The smallest absolute Gasteiger partial charge is 0.254 e. The lowest BCUT2D eigenvalue weighted by Gasteiger charge is -2.30. The molecule has 1 fully saturated rings. The van der Waals surface area contributed by atoms with Gasteiger partial charge < -0.3 is 19.3 Å². The van der Waals surface area contributed by atoms with Crippen LogP contribution in [0.3, 0.4) is 0 Å². The predicted octanol–water partition coefficient (Wildman–Crippen LogP) is 2.44. The molecule has 134 valence electrons. The highest BCUT2D eigenvalue weighted by atomic mass is 16.7. The molecular weight excluding hydrogens is 320 g/mol. The van der Waals surface area contributed by atoms with E-state index in [0.29, 0.717) is 43.1 Å². The van der Waals surface area contributed by atoms with E-state index in [-0.39, 0.29) is 18.6 Å². The van der Waals surface area contributed by atoms with Gasteiger partial charge in [0, 0.05) is 25.2 Å². The third-order valence-corrected chi connectivity index (χ3v) is 4.57. The number of hydrogen-bond acceptors (Lipinski definition) is 4. The van der Waals surface area contributed by atoms with Crippen LogP contribution in [0, 0.1) is 0 Å². The number of carbonyl (C=O) groups is 2. The van der Waals surface area contributed by atoms with Crippen LogP contribution in [0.25, 0.3) is 0 Å². The zero-order valence-electron chi connectivity index (χ0n) is 14.8. The minimum absolute atomic E-state index is 0.00269. The first-order valence-corrected chi connectivity index (χ1v) is 8.65. The second kappa shape index (κ2) is 7.17. The Balaban J connectivity index is 1.77. The van der Waals surface area contributed by atoms with Gasteiger partial charge in [0.15, 0.2) is 11.5 Å². The van der Waals surface area contributed by atoms with Crippen molar-refractivity contribution in [2.24, 2.45) is 0 Å². The number of ether oxygens (including phenoxy) is 2. The largest absolute Gasteiger partial charge is 0.454 e. The van der Waals surface area contributed by atoms with Crippen LogP contribution in [0.1, 0.15) is 37.0 Å². The van der Waals surface area contributed by atoms with Gasteiger partial charge in [-0.25, -0.2) is 0 Å². The molecule has 6 nitrogen and oxygen atoms in total. The van der Waals surface area contributed by atoms with Gasteiger partial charge in [-0.2, -0.15) is 0 Å². The molecule has 0 spiro atoms. The van der Waals surface area contributed by atoms with E-state index in [1.54, 1.807) is 28.0 Å². The Hall–Kier alpha value is -2.50. The first-order chi connectivity index (χ1) is 12.0. The van der Waals surface area contributed by atoms with Crippen molar-refractivity contribution in [1.82, 2.24) is 9.80 Å². The molecule has 0 radical (unpaired) electrons. The van der Waals surface area contributed by atoms with Crippen LogP contribution in [0.4, 0.5) is 0 Å². The topological polar surface area (TPSA) is 59.1 Å². The van der Waals surface area contributed by atoms with Crippen molar-refractivity contribution in [3.8, 4) is 11.5 Å². The Labute approximate surface area is 148 Å². The molecule has 0 unspecified atom stereocenters. The first kappa shape index (κ1) is 17.3. The summed E-state index contributed by atoms with van der Waals surface area (Å²) in [5, 5.41) is 0. The number of rotatable bonds is 5. The first-order valence-electron chi connectivity index (χ1n) is 8.65. The highest BCUT2D eigenvalue weighted by molar-refractivity contribution is 5.98. The van der Waals surface area contributed by atoms with E-state index in [9.17, 15) is 9.59 Å². The van der Waals surface area contributed by atoms with Gasteiger partial charge in [-0.3, -0.25) is 9.59 Å². The fourth-order valence-corrected chi connectivity index (χ4v) is 3.34. The maximum atomic E-state index is 12.9. The summed E-state index contributed by atoms with van der Waals surface area (Å²) in [7, 11) is 0. The van der Waals surface area contributed by atoms with Crippen molar-refractivity contribution in [2.75, 3.05) is 26.4 Å². The van der Waals surface area contributed by atoms with Crippen LogP contribution in [-0.2, 0) is 4.79 Å². The van der Waals surface area contributed by atoms with Crippen LogP contribution in [0.5, 0.6) is 11.5 Å². The highest BCUT2D eigenvalue weighted by Crippen LogP contribution is 2.33. The lowest BCUT2D eigenvalue weighted by molar-refractivity contribution is -0.134. The van der Waals surface area contributed by atoms with Gasteiger partial charge in [-0.1, -0.05) is 12.2 Å². The zero-order valence-corrected chi connectivity index (χ0v) is 14.8. The molecule has 2 heterocycles. The number of likely N-dealkylation sites (N-methyl/N-ethyl adjacent to an activating group) is 1. The summed E-state index contributed by atoms with van der Waals surface area (Å²) in [4.78, 5) is 29.3. The maximum absolute atomic E-state index is 12.9. The Bertz CT molecular complexity index is 701. The summed E-state index contributed by atoms with van der Waals surface area (Å²) in [6, 6.07) is 4.75. The molecule has 2 aliphatic heterocycles. The average molecular weight is 344 g/mol. The normalized spacial score (nSPS) is 18.3. The van der Waals surface area contributed by atoms with E-state index in [0.717, 1.165) is 12.0 Å². The van der Waals surface area contributed by atoms with E-state index >= 15 is 0 Å². The summed E-state index contributed by atoms with van der Waals surface area (Å²) in [6.07, 6.45) is 1.53. The number of likely N-dealkylation sites (tertiary alicyclic amines) is 1. The van der Waals surface area contributed by atoms with Crippen molar-refractivity contribution in [3.05, 3.63) is 35.9 Å². The molecule has 25 heavy (non-hydrogen) atoms. The average Bonchev–Trinajstić information content (AvgIpc) is 3.26. The van der Waals surface area contributed by atoms with Gasteiger partial charge in [0.05, 0.1) is 0 Å². The van der Waals surface area contributed by atoms with Crippen molar-refractivity contribution in [3.63, 3.8) is 0 Å². The fourth-order valence-electron chi connectivity index (χ4n) is 3.34. The molecule has 0 bridgehead atoms. The molecule has 6 heteroatoms. The molecule has 0 aromatic heterocycles. The van der Waals surface area contributed by atoms with E-state index < -0.39 is 6.04 Å². The number of hydrogen-bond donors (Lipinski definition) is 0. The fraction of sp³-hybridized carbons (Fsp3) is 0.474. The van der Waals surface area contributed by atoms with Crippen molar-refractivity contribution in [2.45, 2.75) is 32.7 Å². The molecule has 2 aliphatic rings. The quantitative estimate of drug-likeness (QED) is 0.770. The molecule has 1 aromatic carbocycles. The van der Waals surface area contributed by atoms with Crippen molar-refractivity contribution < 1.29 is 19.1 Å². The third-order valence-electron chi connectivity index (χ3n) is 4.57. The number of carbonyl (C=O) groups excluding carboxylic acids is 2. The second-order valence-corrected chi connectivity index (χ2v) is 6.53. The van der Waals surface area contributed by atoms with Gasteiger partial charge in [-0.15, -0.1) is 0 Å².